The Morgan fingerprint density at radius 2 is 2.19 bits per heavy atom. The number of hydrogen-bond donors (Lipinski definition) is 2. The van der Waals surface area contributed by atoms with Crippen molar-refractivity contribution in [2.24, 2.45) is 0 Å². The summed E-state index contributed by atoms with van der Waals surface area (Å²) in [4.78, 5) is 19.9. The second-order valence-electron chi connectivity index (χ2n) is 3.60. The van der Waals surface area contributed by atoms with Gasteiger partial charge < -0.3 is 10.6 Å². The van der Waals surface area contributed by atoms with E-state index in [9.17, 15) is 4.79 Å². The van der Waals surface area contributed by atoms with Crippen LogP contribution in [0.1, 0.15) is 37.7 Å². The maximum atomic E-state index is 11.7. The summed E-state index contributed by atoms with van der Waals surface area (Å²) in [7, 11) is 0. The first kappa shape index (κ1) is 12.4. The highest BCUT2D eigenvalue weighted by atomic mass is 16.1. The van der Waals surface area contributed by atoms with Crippen LogP contribution in [0.2, 0.25) is 0 Å². The van der Waals surface area contributed by atoms with Gasteiger partial charge in [-0.15, -0.1) is 0 Å². The van der Waals surface area contributed by atoms with Crippen LogP contribution in [-0.2, 0) is 0 Å². The number of carbonyl (C=O) groups excluding carboxylic acids is 1. The fourth-order valence-corrected chi connectivity index (χ4v) is 1.14. The zero-order valence-electron chi connectivity index (χ0n) is 9.95. The Bertz CT molecular complexity index is 354. The van der Waals surface area contributed by atoms with E-state index in [1.807, 2.05) is 20.8 Å². The molecule has 0 aromatic carbocycles. The molecule has 2 N–H and O–H groups in total. The van der Waals surface area contributed by atoms with Crippen LogP contribution in [0.25, 0.3) is 0 Å². The molecule has 5 heteroatoms. The van der Waals surface area contributed by atoms with E-state index in [1.165, 1.54) is 6.20 Å². The van der Waals surface area contributed by atoms with E-state index in [-0.39, 0.29) is 11.9 Å². The standard InChI is InChI=1S/C11H18N4O/c1-4-8(3)14-11(16)9-6-12-7-10(15-9)13-5-2/h6-8H,4-5H2,1-3H3,(H,13,15)(H,14,16). The highest BCUT2D eigenvalue weighted by molar-refractivity contribution is 5.92. The van der Waals surface area contributed by atoms with Gasteiger partial charge in [-0.2, -0.15) is 0 Å². The summed E-state index contributed by atoms with van der Waals surface area (Å²) >= 11 is 0. The van der Waals surface area contributed by atoms with Crippen molar-refractivity contribution in [3.8, 4) is 0 Å². The third-order valence-electron chi connectivity index (χ3n) is 2.21. The lowest BCUT2D eigenvalue weighted by molar-refractivity contribution is 0.0934. The topological polar surface area (TPSA) is 66.9 Å². The minimum atomic E-state index is -0.179. The van der Waals surface area contributed by atoms with E-state index in [0.29, 0.717) is 11.5 Å². The van der Waals surface area contributed by atoms with E-state index in [0.717, 1.165) is 13.0 Å². The summed E-state index contributed by atoms with van der Waals surface area (Å²) in [5.41, 5.74) is 0.346. The average Bonchev–Trinajstić information content (AvgIpc) is 2.29. The first-order chi connectivity index (χ1) is 7.67. The summed E-state index contributed by atoms with van der Waals surface area (Å²) in [6, 6.07) is 0.150. The molecule has 1 atom stereocenters. The number of carbonyl (C=O) groups is 1. The zero-order valence-corrected chi connectivity index (χ0v) is 9.95. The van der Waals surface area contributed by atoms with Crippen molar-refractivity contribution in [1.82, 2.24) is 15.3 Å². The molecule has 0 aliphatic rings. The molecule has 0 spiro atoms. The van der Waals surface area contributed by atoms with Crippen molar-refractivity contribution >= 4 is 11.7 Å². The van der Waals surface area contributed by atoms with Gasteiger partial charge in [0.15, 0.2) is 0 Å². The largest absolute Gasteiger partial charge is 0.369 e. The number of amides is 1. The highest BCUT2D eigenvalue weighted by Crippen LogP contribution is 2.02. The normalized spacial score (nSPS) is 11.9. The Kier molecular flexibility index (Phi) is 4.69. The van der Waals surface area contributed by atoms with E-state index < -0.39 is 0 Å². The molecule has 0 bridgehead atoms. The molecular weight excluding hydrogens is 204 g/mol. The van der Waals surface area contributed by atoms with Crippen LogP contribution in [0.5, 0.6) is 0 Å². The van der Waals surface area contributed by atoms with Crippen molar-refractivity contribution in [1.29, 1.82) is 0 Å². The lowest BCUT2D eigenvalue weighted by Gasteiger charge is -2.11. The van der Waals surface area contributed by atoms with Crippen molar-refractivity contribution in [2.45, 2.75) is 33.2 Å². The van der Waals surface area contributed by atoms with Gasteiger partial charge in [-0.25, -0.2) is 4.98 Å². The number of nitrogens with zero attached hydrogens (tertiary/aromatic N) is 2. The van der Waals surface area contributed by atoms with Gasteiger partial charge in [0.1, 0.15) is 11.5 Å². The first-order valence-corrected chi connectivity index (χ1v) is 5.54. The molecule has 1 rings (SSSR count). The van der Waals surface area contributed by atoms with Gasteiger partial charge in [0.25, 0.3) is 5.91 Å². The van der Waals surface area contributed by atoms with Crippen LogP contribution in [0.15, 0.2) is 12.4 Å². The monoisotopic (exact) mass is 222 g/mol. The zero-order chi connectivity index (χ0) is 12.0. The molecule has 0 fully saturated rings. The predicted molar refractivity (Wildman–Crippen MR) is 63.4 cm³/mol. The van der Waals surface area contributed by atoms with Crippen LogP contribution in [0.3, 0.4) is 0 Å². The lowest BCUT2D eigenvalue weighted by atomic mass is 10.2. The van der Waals surface area contributed by atoms with Gasteiger partial charge in [0.05, 0.1) is 12.4 Å². The van der Waals surface area contributed by atoms with Gasteiger partial charge in [-0.05, 0) is 20.3 Å². The molecule has 0 radical (unpaired) electrons. The fraction of sp³-hybridized carbons (Fsp3) is 0.545. The maximum Gasteiger partial charge on any atom is 0.271 e. The minimum Gasteiger partial charge on any atom is -0.369 e. The van der Waals surface area contributed by atoms with Crippen LogP contribution < -0.4 is 10.6 Å². The molecule has 5 nitrogen and oxygen atoms in total. The summed E-state index contributed by atoms with van der Waals surface area (Å²) in [5.74, 6) is 0.445. The number of rotatable bonds is 5. The van der Waals surface area contributed by atoms with E-state index >= 15 is 0 Å². The second kappa shape index (κ2) is 6.05. The molecule has 88 valence electrons. The summed E-state index contributed by atoms with van der Waals surface area (Å²) in [5, 5.41) is 5.86. The van der Waals surface area contributed by atoms with Gasteiger partial charge in [0.2, 0.25) is 0 Å². The number of hydrogen-bond acceptors (Lipinski definition) is 4. The van der Waals surface area contributed by atoms with Gasteiger partial charge in [0, 0.05) is 12.6 Å². The third-order valence-corrected chi connectivity index (χ3v) is 2.21. The van der Waals surface area contributed by atoms with E-state index in [2.05, 4.69) is 20.6 Å². The van der Waals surface area contributed by atoms with Crippen LogP contribution in [0, 0.1) is 0 Å². The molecule has 1 amide bonds. The Balaban J connectivity index is 2.71. The fourth-order valence-electron chi connectivity index (χ4n) is 1.14. The lowest BCUT2D eigenvalue weighted by Crippen LogP contribution is -2.32. The van der Waals surface area contributed by atoms with Gasteiger partial charge in [-0.1, -0.05) is 6.92 Å². The Hall–Kier alpha value is -1.65. The van der Waals surface area contributed by atoms with Gasteiger partial charge in [-0.3, -0.25) is 9.78 Å². The van der Waals surface area contributed by atoms with Gasteiger partial charge >= 0.3 is 0 Å². The van der Waals surface area contributed by atoms with E-state index in [1.54, 1.807) is 6.20 Å². The maximum absolute atomic E-state index is 11.7. The Labute approximate surface area is 95.7 Å². The quantitative estimate of drug-likeness (QED) is 0.791. The summed E-state index contributed by atoms with van der Waals surface area (Å²) in [6.45, 7) is 6.70. The SMILES string of the molecule is CCNc1cncc(C(=O)NC(C)CC)n1. The molecule has 0 aliphatic heterocycles. The number of aromatic nitrogens is 2. The number of anilines is 1. The third kappa shape index (κ3) is 3.49. The molecule has 1 aromatic rings. The van der Waals surface area contributed by atoms with Crippen molar-refractivity contribution < 1.29 is 4.79 Å². The molecule has 1 heterocycles. The van der Waals surface area contributed by atoms with Crippen molar-refractivity contribution in [3.05, 3.63) is 18.1 Å². The molecule has 16 heavy (non-hydrogen) atoms. The molecule has 1 aromatic heterocycles. The molecule has 1 unspecified atom stereocenters. The Morgan fingerprint density at radius 1 is 1.44 bits per heavy atom. The first-order valence-electron chi connectivity index (χ1n) is 5.54. The number of nitrogens with one attached hydrogen (secondary N) is 2. The second-order valence-corrected chi connectivity index (χ2v) is 3.60. The molecule has 0 aliphatic carbocycles. The van der Waals surface area contributed by atoms with Crippen LogP contribution >= 0.6 is 0 Å². The Morgan fingerprint density at radius 3 is 2.81 bits per heavy atom. The highest BCUT2D eigenvalue weighted by Gasteiger charge is 2.10. The summed E-state index contributed by atoms with van der Waals surface area (Å²) < 4.78 is 0. The van der Waals surface area contributed by atoms with Crippen molar-refractivity contribution in [3.63, 3.8) is 0 Å². The van der Waals surface area contributed by atoms with Crippen molar-refractivity contribution in [2.75, 3.05) is 11.9 Å². The van der Waals surface area contributed by atoms with Crippen LogP contribution in [0.4, 0.5) is 5.82 Å². The minimum absolute atomic E-state index is 0.150. The van der Waals surface area contributed by atoms with Crippen LogP contribution in [-0.4, -0.2) is 28.5 Å². The molecule has 0 saturated heterocycles. The summed E-state index contributed by atoms with van der Waals surface area (Å²) in [6.07, 6.45) is 3.97. The average molecular weight is 222 g/mol. The molecule has 0 saturated carbocycles. The smallest absolute Gasteiger partial charge is 0.271 e. The predicted octanol–water partition coefficient (Wildman–Crippen LogP) is 1.44. The van der Waals surface area contributed by atoms with E-state index in [4.69, 9.17) is 0 Å². The molecular formula is C11H18N4O.